The Morgan fingerprint density at radius 2 is 2.10 bits per heavy atom. The third-order valence-electron chi connectivity index (χ3n) is 3.04. The Morgan fingerprint density at radius 1 is 1.33 bits per heavy atom. The van der Waals surface area contributed by atoms with Crippen LogP contribution in [-0.4, -0.2) is 5.97 Å². The summed E-state index contributed by atoms with van der Waals surface area (Å²) in [6.07, 6.45) is 0. The van der Waals surface area contributed by atoms with Crippen molar-refractivity contribution in [3.8, 4) is 6.07 Å². The van der Waals surface area contributed by atoms with Crippen molar-refractivity contribution in [1.29, 1.82) is 5.26 Å². The van der Waals surface area contributed by atoms with Crippen molar-refractivity contribution in [1.82, 2.24) is 0 Å². The van der Waals surface area contributed by atoms with Crippen LogP contribution in [-0.2, 0) is 11.3 Å². The quantitative estimate of drug-likeness (QED) is 0.682. The number of nitriles is 1. The summed E-state index contributed by atoms with van der Waals surface area (Å²) in [5.74, 6) is -0.446. The molecule has 0 unspecified atom stereocenters. The van der Waals surface area contributed by atoms with E-state index in [1.54, 1.807) is 36.4 Å². The van der Waals surface area contributed by atoms with E-state index in [-0.39, 0.29) is 6.61 Å². The number of esters is 1. The molecule has 0 saturated carbocycles. The van der Waals surface area contributed by atoms with Crippen LogP contribution in [0.5, 0.6) is 0 Å². The highest BCUT2D eigenvalue weighted by Crippen LogP contribution is 2.21. The van der Waals surface area contributed by atoms with E-state index in [9.17, 15) is 4.79 Å². The average Bonchev–Trinajstić information content (AvgIpc) is 2.48. The van der Waals surface area contributed by atoms with E-state index in [4.69, 9.17) is 15.7 Å². The third kappa shape index (κ3) is 3.61. The molecule has 0 aliphatic rings. The number of carbonyl (C=O) groups is 1. The molecule has 4 nitrogen and oxygen atoms in total. The van der Waals surface area contributed by atoms with Crippen molar-refractivity contribution in [3.63, 3.8) is 0 Å². The van der Waals surface area contributed by atoms with Crippen LogP contribution in [0.15, 0.2) is 40.9 Å². The van der Waals surface area contributed by atoms with Gasteiger partial charge in [-0.1, -0.05) is 6.07 Å². The molecular weight excluding hydrogens is 332 g/mol. The number of carbonyl (C=O) groups excluding carboxylic acids is 1. The zero-order chi connectivity index (χ0) is 15.4. The number of benzene rings is 2. The van der Waals surface area contributed by atoms with Crippen molar-refractivity contribution >= 4 is 27.6 Å². The molecule has 0 bridgehead atoms. The Kier molecular flexibility index (Phi) is 4.61. The number of ether oxygens (including phenoxy) is 1. The van der Waals surface area contributed by atoms with E-state index in [0.29, 0.717) is 21.3 Å². The molecule has 0 heterocycles. The summed E-state index contributed by atoms with van der Waals surface area (Å²) in [5.41, 5.74) is 8.92. The summed E-state index contributed by atoms with van der Waals surface area (Å²) in [5, 5.41) is 8.82. The van der Waals surface area contributed by atoms with Gasteiger partial charge in [0.15, 0.2) is 0 Å². The minimum Gasteiger partial charge on any atom is -0.457 e. The van der Waals surface area contributed by atoms with Crippen molar-refractivity contribution in [3.05, 3.63) is 63.1 Å². The molecule has 0 fully saturated rings. The lowest BCUT2D eigenvalue weighted by atomic mass is 10.1. The second-order valence-electron chi connectivity index (χ2n) is 4.57. The Balaban J connectivity index is 2.11. The van der Waals surface area contributed by atoms with Crippen LogP contribution in [0.3, 0.4) is 0 Å². The largest absolute Gasteiger partial charge is 0.457 e. The standard InChI is InChI=1S/C16H13BrN2O2/c1-10-6-11(8-18)2-3-12(10)9-21-16(20)14-7-13(19)4-5-15(14)17/h2-7H,9,19H2,1H3. The summed E-state index contributed by atoms with van der Waals surface area (Å²) >= 11 is 3.30. The maximum atomic E-state index is 12.1. The summed E-state index contributed by atoms with van der Waals surface area (Å²) in [6.45, 7) is 2.03. The van der Waals surface area contributed by atoms with Crippen LogP contribution < -0.4 is 5.73 Å². The zero-order valence-corrected chi connectivity index (χ0v) is 13.0. The maximum Gasteiger partial charge on any atom is 0.339 e. The average molecular weight is 345 g/mol. The van der Waals surface area contributed by atoms with E-state index in [2.05, 4.69) is 22.0 Å². The molecular formula is C16H13BrN2O2. The predicted octanol–water partition coefficient (Wildman–Crippen LogP) is 3.57. The first-order valence-electron chi connectivity index (χ1n) is 6.23. The van der Waals surface area contributed by atoms with Crippen LogP contribution in [0.2, 0.25) is 0 Å². The summed E-state index contributed by atoms with van der Waals surface area (Å²) in [6, 6.07) is 12.3. The molecule has 0 atom stereocenters. The van der Waals surface area contributed by atoms with Gasteiger partial charge >= 0.3 is 5.97 Å². The highest BCUT2D eigenvalue weighted by Gasteiger charge is 2.12. The lowest BCUT2D eigenvalue weighted by Crippen LogP contribution is -2.07. The summed E-state index contributed by atoms with van der Waals surface area (Å²) < 4.78 is 5.93. The number of aryl methyl sites for hydroxylation is 1. The van der Waals surface area contributed by atoms with Crippen molar-refractivity contribution in [2.45, 2.75) is 13.5 Å². The van der Waals surface area contributed by atoms with E-state index < -0.39 is 5.97 Å². The SMILES string of the molecule is Cc1cc(C#N)ccc1COC(=O)c1cc(N)ccc1Br. The predicted molar refractivity (Wildman–Crippen MR) is 83.6 cm³/mol. The number of hydrogen-bond acceptors (Lipinski definition) is 4. The molecule has 0 aliphatic carbocycles. The van der Waals surface area contributed by atoms with Gasteiger partial charge in [-0.3, -0.25) is 0 Å². The summed E-state index contributed by atoms with van der Waals surface area (Å²) in [7, 11) is 0. The molecule has 5 heteroatoms. The first-order valence-corrected chi connectivity index (χ1v) is 7.02. The van der Waals surface area contributed by atoms with Gasteiger partial charge in [0.05, 0.1) is 17.2 Å². The van der Waals surface area contributed by atoms with Gasteiger partial charge in [-0.2, -0.15) is 5.26 Å². The molecule has 2 aromatic carbocycles. The van der Waals surface area contributed by atoms with Gasteiger partial charge in [0.2, 0.25) is 0 Å². The molecule has 2 rings (SSSR count). The number of rotatable bonds is 3. The van der Waals surface area contributed by atoms with Gasteiger partial charge in [0.1, 0.15) is 6.61 Å². The fourth-order valence-corrected chi connectivity index (χ4v) is 2.26. The van der Waals surface area contributed by atoms with Gasteiger partial charge in [-0.25, -0.2) is 4.79 Å². The number of nitrogen functional groups attached to an aromatic ring is 1. The Hall–Kier alpha value is -2.32. The number of hydrogen-bond donors (Lipinski definition) is 1. The first kappa shape index (κ1) is 15.1. The molecule has 106 valence electrons. The number of nitrogens with two attached hydrogens (primary N) is 1. The van der Waals surface area contributed by atoms with Crippen LogP contribution in [0.25, 0.3) is 0 Å². The first-order chi connectivity index (χ1) is 10.0. The lowest BCUT2D eigenvalue weighted by molar-refractivity contribution is 0.0471. The topological polar surface area (TPSA) is 76.1 Å². The molecule has 0 saturated heterocycles. The van der Waals surface area contributed by atoms with Gasteiger partial charge in [0, 0.05) is 10.2 Å². The Labute approximate surface area is 131 Å². The molecule has 0 aliphatic heterocycles. The van der Waals surface area contributed by atoms with E-state index in [1.165, 1.54) is 0 Å². The highest BCUT2D eigenvalue weighted by molar-refractivity contribution is 9.10. The van der Waals surface area contributed by atoms with Crippen LogP contribution >= 0.6 is 15.9 Å². The van der Waals surface area contributed by atoms with Gasteiger partial charge in [0.25, 0.3) is 0 Å². The normalized spacial score (nSPS) is 9.95. The summed E-state index contributed by atoms with van der Waals surface area (Å²) in [4.78, 5) is 12.1. The highest BCUT2D eigenvalue weighted by atomic mass is 79.9. The molecule has 0 radical (unpaired) electrons. The fraction of sp³-hybridized carbons (Fsp3) is 0.125. The second-order valence-corrected chi connectivity index (χ2v) is 5.42. The molecule has 21 heavy (non-hydrogen) atoms. The smallest absolute Gasteiger partial charge is 0.339 e. The van der Waals surface area contributed by atoms with E-state index >= 15 is 0 Å². The van der Waals surface area contributed by atoms with Gasteiger partial charge < -0.3 is 10.5 Å². The minimum atomic E-state index is -0.446. The van der Waals surface area contributed by atoms with Crippen LogP contribution in [0.4, 0.5) is 5.69 Å². The van der Waals surface area contributed by atoms with E-state index in [0.717, 1.165) is 11.1 Å². The number of nitrogens with zero attached hydrogens (tertiary/aromatic N) is 1. The second kappa shape index (κ2) is 6.42. The minimum absolute atomic E-state index is 0.150. The van der Waals surface area contributed by atoms with Gasteiger partial charge in [-0.05, 0) is 64.3 Å². The number of anilines is 1. The Bertz CT molecular complexity index is 736. The van der Waals surface area contributed by atoms with Crippen LogP contribution in [0, 0.1) is 18.3 Å². The van der Waals surface area contributed by atoms with Crippen molar-refractivity contribution in [2.24, 2.45) is 0 Å². The Morgan fingerprint density at radius 3 is 2.76 bits per heavy atom. The molecule has 0 spiro atoms. The fourth-order valence-electron chi connectivity index (χ4n) is 1.85. The van der Waals surface area contributed by atoms with Crippen molar-refractivity contribution < 1.29 is 9.53 Å². The number of halogens is 1. The van der Waals surface area contributed by atoms with Crippen molar-refractivity contribution in [2.75, 3.05) is 5.73 Å². The monoisotopic (exact) mass is 344 g/mol. The lowest BCUT2D eigenvalue weighted by Gasteiger charge is -2.09. The maximum absolute atomic E-state index is 12.1. The zero-order valence-electron chi connectivity index (χ0n) is 11.4. The molecule has 2 N–H and O–H groups in total. The third-order valence-corrected chi connectivity index (χ3v) is 3.73. The molecule has 0 aromatic heterocycles. The van der Waals surface area contributed by atoms with Crippen LogP contribution in [0.1, 0.15) is 27.0 Å². The van der Waals surface area contributed by atoms with E-state index in [1.807, 2.05) is 6.92 Å². The van der Waals surface area contributed by atoms with Gasteiger partial charge in [-0.15, -0.1) is 0 Å². The molecule has 0 amide bonds. The molecule has 2 aromatic rings.